The summed E-state index contributed by atoms with van der Waals surface area (Å²) < 4.78 is 0. The largest absolute Gasteiger partial charge is 1.00 e. The molecule has 11 heavy (non-hydrogen) atoms. The monoisotopic (exact) mass is 176 g/mol. The fraction of sp³-hybridized carbons (Fsp3) is 0.125. The van der Waals surface area contributed by atoms with E-state index >= 15 is 0 Å². The second-order valence-corrected chi connectivity index (χ2v) is 2.17. The average molecular weight is 176 g/mol. The molecule has 0 amide bonds. The van der Waals surface area contributed by atoms with Gasteiger partial charge in [0.2, 0.25) is 0 Å². The molecular formula is C8H9KO2. The van der Waals surface area contributed by atoms with Crippen LogP contribution in [0.1, 0.15) is 17.3 Å². The summed E-state index contributed by atoms with van der Waals surface area (Å²) in [5.74, 6) is -0.872. The summed E-state index contributed by atoms with van der Waals surface area (Å²) >= 11 is 0. The number of carboxylic acid groups (broad SMARTS) is 1. The molecule has 0 radical (unpaired) electrons. The smallest absolute Gasteiger partial charge is 1.00 e. The van der Waals surface area contributed by atoms with Gasteiger partial charge in [-0.05, 0) is 19.1 Å². The first kappa shape index (κ1) is 11.3. The maximum atomic E-state index is 10.4. The molecule has 54 valence electrons. The number of carbonyl (C=O) groups is 1. The molecule has 0 aliphatic rings. The molecule has 0 heterocycles. The van der Waals surface area contributed by atoms with Crippen molar-refractivity contribution in [2.75, 3.05) is 0 Å². The van der Waals surface area contributed by atoms with Crippen molar-refractivity contribution >= 4 is 5.97 Å². The van der Waals surface area contributed by atoms with Crippen LogP contribution < -0.4 is 51.4 Å². The van der Waals surface area contributed by atoms with Gasteiger partial charge in [0.15, 0.2) is 0 Å². The van der Waals surface area contributed by atoms with Crippen LogP contribution in [-0.2, 0) is 0 Å². The van der Waals surface area contributed by atoms with Gasteiger partial charge in [0, 0.05) is 0 Å². The van der Waals surface area contributed by atoms with Crippen molar-refractivity contribution in [2.24, 2.45) is 0 Å². The third-order valence-corrected chi connectivity index (χ3v) is 1.27. The Bertz CT molecular complexity index is 263. The van der Waals surface area contributed by atoms with Gasteiger partial charge in [0.05, 0.1) is 5.56 Å². The van der Waals surface area contributed by atoms with Crippen molar-refractivity contribution < 1.29 is 62.7 Å². The van der Waals surface area contributed by atoms with E-state index in [0.717, 1.165) is 5.56 Å². The minimum absolute atomic E-state index is 0. The minimum Gasteiger partial charge on any atom is -1.00 e. The Labute approximate surface area is 110 Å². The van der Waals surface area contributed by atoms with E-state index in [4.69, 9.17) is 5.11 Å². The average Bonchev–Trinajstić information content (AvgIpc) is 1.88. The van der Waals surface area contributed by atoms with Gasteiger partial charge >= 0.3 is 57.4 Å². The molecule has 1 rings (SSSR count). The number of aromatic carboxylic acids is 1. The molecule has 0 spiro atoms. The molecule has 2 nitrogen and oxygen atoms in total. The van der Waals surface area contributed by atoms with Crippen LogP contribution in [0.25, 0.3) is 0 Å². The van der Waals surface area contributed by atoms with Gasteiger partial charge in [-0.25, -0.2) is 4.79 Å². The third-order valence-electron chi connectivity index (χ3n) is 1.27. The van der Waals surface area contributed by atoms with Crippen molar-refractivity contribution in [3.8, 4) is 0 Å². The van der Waals surface area contributed by atoms with E-state index in [9.17, 15) is 4.79 Å². The third kappa shape index (κ3) is 3.49. The first-order valence-corrected chi connectivity index (χ1v) is 3.00. The Morgan fingerprint density at radius 2 is 2.18 bits per heavy atom. The Morgan fingerprint density at radius 1 is 1.55 bits per heavy atom. The Morgan fingerprint density at radius 3 is 2.55 bits per heavy atom. The summed E-state index contributed by atoms with van der Waals surface area (Å²) in [5.41, 5.74) is 1.32. The molecule has 0 atom stereocenters. The van der Waals surface area contributed by atoms with Crippen molar-refractivity contribution in [2.45, 2.75) is 6.92 Å². The summed E-state index contributed by atoms with van der Waals surface area (Å²) in [5, 5.41) is 8.51. The van der Waals surface area contributed by atoms with Crippen LogP contribution in [0.5, 0.6) is 0 Å². The van der Waals surface area contributed by atoms with E-state index in [1.54, 1.807) is 18.2 Å². The molecule has 1 aromatic carbocycles. The zero-order valence-corrected chi connectivity index (χ0v) is 9.79. The number of benzene rings is 1. The summed E-state index contributed by atoms with van der Waals surface area (Å²) in [6.45, 7) is 1.87. The summed E-state index contributed by atoms with van der Waals surface area (Å²) in [7, 11) is 0. The Kier molecular flexibility index (Phi) is 5.21. The number of hydrogen-bond acceptors (Lipinski definition) is 1. The van der Waals surface area contributed by atoms with Crippen molar-refractivity contribution in [3.05, 3.63) is 35.4 Å². The second-order valence-electron chi connectivity index (χ2n) is 2.17. The standard InChI is InChI=1S/C8H8O2.K.H/c1-6-3-2-4-7(5-6)8(9)10;;/h2-5H,1H3,(H,9,10);;/q;+1;-1. The van der Waals surface area contributed by atoms with Crippen LogP contribution in [0, 0.1) is 6.92 Å². The predicted octanol–water partition coefficient (Wildman–Crippen LogP) is -1.19. The second kappa shape index (κ2) is 5.06. The first-order chi connectivity index (χ1) is 4.70. The van der Waals surface area contributed by atoms with Gasteiger partial charge in [0.25, 0.3) is 0 Å². The van der Waals surface area contributed by atoms with E-state index in [-0.39, 0.29) is 52.8 Å². The van der Waals surface area contributed by atoms with Crippen LogP contribution in [0.4, 0.5) is 0 Å². The number of rotatable bonds is 1. The topological polar surface area (TPSA) is 37.3 Å². The summed E-state index contributed by atoms with van der Waals surface area (Å²) in [4.78, 5) is 10.4. The van der Waals surface area contributed by atoms with Crippen molar-refractivity contribution in [1.82, 2.24) is 0 Å². The molecule has 0 aliphatic carbocycles. The molecule has 0 bridgehead atoms. The minimum atomic E-state index is -0.872. The number of aryl methyl sites for hydroxylation is 1. The predicted molar refractivity (Wildman–Crippen MR) is 39.3 cm³/mol. The van der Waals surface area contributed by atoms with Crippen LogP contribution in [-0.4, -0.2) is 11.1 Å². The quantitative estimate of drug-likeness (QED) is 0.546. The van der Waals surface area contributed by atoms with Crippen molar-refractivity contribution in [3.63, 3.8) is 0 Å². The molecule has 3 heteroatoms. The van der Waals surface area contributed by atoms with Gasteiger partial charge in [-0.1, -0.05) is 17.7 Å². The molecule has 0 saturated heterocycles. The molecule has 0 fully saturated rings. The number of hydrogen-bond donors (Lipinski definition) is 1. The van der Waals surface area contributed by atoms with Crippen LogP contribution in [0.15, 0.2) is 24.3 Å². The zero-order valence-electron chi connectivity index (χ0n) is 7.66. The van der Waals surface area contributed by atoms with Crippen LogP contribution in [0.2, 0.25) is 0 Å². The Balaban J connectivity index is 0. The van der Waals surface area contributed by atoms with Crippen LogP contribution >= 0.6 is 0 Å². The van der Waals surface area contributed by atoms with Gasteiger partial charge in [-0.15, -0.1) is 0 Å². The maximum Gasteiger partial charge on any atom is 1.00 e. The molecular weight excluding hydrogens is 167 g/mol. The van der Waals surface area contributed by atoms with E-state index < -0.39 is 5.97 Å². The SMILES string of the molecule is Cc1cccc(C(=O)O)c1.[H-].[K+]. The first-order valence-electron chi connectivity index (χ1n) is 3.00. The van der Waals surface area contributed by atoms with E-state index in [1.165, 1.54) is 0 Å². The Hall–Kier alpha value is 0.326. The van der Waals surface area contributed by atoms with E-state index in [1.807, 2.05) is 13.0 Å². The van der Waals surface area contributed by atoms with Crippen molar-refractivity contribution in [1.29, 1.82) is 0 Å². The van der Waals surface area contributed by atoms with Gasteiger partial charge in [-0.3, -0.25) is 0 Å². The van der Waals surface area contributed by atoms with Crippen LogP contribution in [0.3, 0.4) is 0 Å². The van der Waals surface area contributed by atoms with Gasteiger partial charge in [-0.2, -0.15) is 0 Å². The molecule has 1 N–H and O–H groups in total. The van der Waals surface area contributed by atoms with E-state index in [0.29, 0.717) is 5.56 Å². The molecule has 0 aliphatic heterocycles. The summed E-state index contributed by atoms with van der Waals surface area (Å²) in [6, 6.07) is 6.82. The zero-order chi connectivity index (χ0) is 7.56. The molecule has 1 aromatic rings. The fourth-order valence-corrected chi connectivity index (χ4v) is 0.778. The molecule has 0 saturated carbocycles. The van der Waals surface area contributed by atoms with Gasteiger partial charge in [0.1, 0.15) is 0 Å². The normalized spacial score (nSPS) is 8.45. The fourth-order valence-electron chi connectivity index (χ4n) is 0.778. The summed E-state index contributed by atoms with van der Waals surface area (Å²) in [6.07, 6.45) is 0. The van der Waals surface area contributed by atoms with E-state index in [2.05, 4.69) is 0 Å². The molecule has 0 aromatic heterocycles. The number of carboxylic acids is 1. The van der Waals surface area contributed by atoms with Gasteiger partial charge < -0.3 is 6.53 Å². The maximum absolute atomic E-state index is 10.4. The molecule has 0 unspecified atom stereocenters.